The quantitative estimate of drug-likeness (QED) is 0.493. The molecule has 10 nitrogen and oxygen atoms in total. The summed E-state index contributed by atoms with van der Waals surface area (Å²) in [5.74, 6) is -2.99. The maximum Gasteiger partial charge on any atom is 0.340 e. The number of ether oxygens (including phenoxy) is 2. The van der Waals surface area contributed by atoms with Gasteiger partial charge in [0.05, 0.1) is 17.7 Å². The predicted molar refractivity (Wildman–Crippen MR) is 99.9 cm³/mol. The smallest absolute Gasteiger partial charge is 0.340 e. The van der Waals surface area contributed by atoms with Crippen molar-refractivity contribution in [1.29, 1.82) is 0 Å². The summed E-state index contributed by atoms with van der Waals surface area (Å²) in [5, 5.41) is 30.3. The van der Waals surface area contributed by atoms with Crippen LogP contribution in [0.1, 0.15) is 36.8 Å². The van der Waals surface area contributed by atoms with Crippen molar-refractivity contribution < 1.29 is 29.0 Å². The van der Waals surface area contributed by atoms with Crippen molar-refractivity contribution in [3.8, 4) is 5.75 Å². The number of aliphatic hydroxyl groups is 1. The number of benzene rings is 1. The van der Waals surface area contributed by atoms with Crippen LogP contribution in [0.5, 0.6) is 5.75 Å². The van der Waals surface area contributed by atoms with Gasteiger partial charge in [0.1, 0.15) is 17.9 Å². The lowest BCUT2D eigenvalue weighted by Crippen LogP contribution is -2.31. The number of nitrogens with zero attached hydrogens (tertiary/aromatic N) is 1. The second-order valence-corrected chi connectivity index (χ2v) is 6.53. The molecular formula is C19H19N2O8-. The summed E-state index contributed by atoms with van der Waals surface area (Å²) in [4.78, 5) is 25.2. The molecule has 1 aromatic heterocycles. The topological polar surface area (TPSA) is 159 Å². The fourth-order valence-electron chi connectivity index (χ4n) is 3.06. The van der Waals surface area contributed by atoms with Gasteiger partial charge in [0.2, 0.25) is 17.1 Å². The van der Waals surface area contributed by atoms with Gasteiger partial charge in [-0.2, -0.15) is 0 Å². The number of carbonyl (C=O) groups is 1. The summed E-state index contributed by atoms with van der Waals surface area (Å²) >= 11 is 0. The fraction of sp³-hybridized carbons (Fsp3) is 0.263. The maximum atomic E-state index is 12.8. The lowest BCUT2D eigenvalue weighted by molar-refractivity contribution is -0.143. The van der Waals surface area contributed by atoms with E-state index < -0.39 is 35.9 Å². The fourth-order valence-corrected chi connectivity index (χ4v) is 3.06. The van der Waals surface area contributed by atoms with E-state index in [2.05, 4.69) is 0 Å². The Hall–Kier alpha value is -3.34. The SMILES string of the molecule is CC(C)OC(=O)C1=C(N)Oc2c(oc(CO)cc2=O)[C@@H]1c1ccccc1N([O-])O. The number of aliphatic hydroxyl groups excluding tert-OH is 1. The van der Waals surface area contributed by atoms with Crippen LogP contribution in [0.3, 0.4) is 0 Å². The molecule has 1 aliphatic rings. The summed E-state index contributed by atoms with van der Waals surface area (Å²) in [6.45, 7) is 2.67. The zero-order chi connectivity index (χ0) is 21.3. The molecule has 0 aliphatic carbocycles. The highest BCUT2D eigenvalue weighted by Gasteiger charge is 2.40. The Labute approximate surface area is 164 Å². The highest BCUT2D eigenvalue weighted by atomic mass is 16.8. The molecule has 0 radical (unpaired) electrons. The lowest BCUT2D eigenvalue weighted by Gasteiger charge is -2.31. The minimum Gasteiger partial charge on any atom is -0.733 e. The molecule has 1 atom stereocenters. The normalized spacial score (nSPS) is 15.7. The molecule has 0 spiro atoms. The molecular weight excluding hydrogens is 384 g/mol. The molecule has 1 aliphatic heterocycles. The molecule has 29 heavy (non-hydrogen) atoms. The first kappa shape index (κ1) is 20.4. The van der Waals surface area contributed by atoms with Crippen molar-refractivity contribution in [1.82, 2.24) is 0 Å². The van der Waals surface area contributed by atoms with E-state index in [9.17, 15) is 25.1 Å². The molecule has 2 heterocycles. The van der Waals surface area contributed by atoms with E-state index in [4.69, 9.17) is 19.6 Å². The number of rotatable bonds is 5. The van der Waals surface area contributed by atoms with Crippen molar-refractivity contribution in [3.63, 3.8) is 0 Å². The molecule has 0 saturated carbocycles. The van der Waals surface area contributed by atoms with E-state index in [1.807, 2.05) is 0 Å². The summed E-state index contributed by atoms with van der Waals surface area (Å²) in [5.41, 5.74) is 5.00. The van der Waals surface area contributed by atoms with Gasteiger partial charge in [-0.1, -0.05) is 18.2 Å². The van der Waals surface area contributed by atoms with Gasteiger partial charge < -0.3 is 35.2 Å². The Morgan fingerprint density at radius 2 is 2.07 bits per heavy atom. The highest BCUT2D eigenvalue weighted by Crippen LogP contribution is 2.44. The average Bonchev–Trinajstić information content (AvgIpc) is 2.66. The standard InChI is InChI=1S/C19H19N2O8/c1-9(2)27-19(24)15-14(11-5-3-4-6-12(11)21(25)26)17-16(29-18(15)20)13(23)7-10(8-22)28-17/h3-7,9,14,22,25H,8,20H2,1-2H3/q-1/t14-/m1/s1. The molecule has 10 heteroatoms. The van der Waals surface area contributed by atoms with Crippen molar-refractivity contribution in [3.05, 3.63) is 74.3 Å². The van der Waals surface area contributed by atoms with Gasteiger partial charge in [0, 0.05) is 6.07 Å². The molecule has 0 saturated heterocycles. The first-order valence-electron chi connectivity index (χ1n) is 8.65. The highest BCUT2D eigenvalue weighted by molar-refractivity contribution is 5.93. The molecule has 1 aromatic carbocycles. The van der Waals surface area contributed by atoms with Gasteiger partial charge in [0.15, 0.2) is 5.76 Å². The number of esters is 1. The van der Waals surface area contributed by atoms with Crippen LogP contribution in [0.15, 0.2) is 51.0 Å². The second kappa shape index (κ2) is 7.95. The largest absolute Gasteiger partial charge is 0.733 e. The number of hydrogen-bond donors (Lipinski definition) is 3. The third kappa shape index (κ3) is 3.81. The molecule has 154 valence electrons. The summed E-state index contributed by atoms with van der Waals surface area (Å²) in [7, 11) is 0. The minimum atomic E-state index is -1.20. The van der Waals surface area contributed by atoms with Gasteiger partial charge in [0.25, 0.3) is 0 Å². The first-order chi connectivity index (χ1) is 13.7. The molecule has 0 bridgehead atoms. The van der Waals surface area contributed by atoms with Gasteiger partial charge in [-0.3, -0.25) is 10.0 Å². The van der Waals surface area contributed by atoms with Crippen LogP contribution in [0.4, 0.5) is 5.69 Å². The average molecular weight is 403 g/mol. The van der Waals surface area contributed by atoms with Crippen molar-refractivity contribution in [2.45, 2.75) is 32.5 Å². The van der Waals surface area contributed by atoms with E-state index >= 15 is 0 Å². The second-order valence-electron chi connectivity index (χ2n) is 6.53. The van der Waals surface area contributed by atoms with Crippen molar-refractivity contribution >= 4 is 11.7 Å². The number of para-hydroxylation sites is 1. The van der Waals surface area contributed by atoms with E-state index in [0.717, 1.165) is 6.07 Å². The third-order valence-corrected chi connectivity index (χ3v) is 4.18. The van der Waals surface area contributed by atoms with Crippen molar-refractivity contribution in [2.24, 2.45) is 5.73 Å². The maximum absolute atomic E-state index is 12.8. The van der Waals surface area contributed by atoms with Gasteiger partial charge in [-0.15, -0.1) is 0 Å². The Kier molecular flexibility index (Phi) is 5.59. The number of fused-ring (bicyclic) bond motifs is 1. The van der Waals surface area contributed by atoms with Gasteiger partial charge in [-0.25, -0.2) is 4.79 Å². The molecule has 0 fully saturated rings. The number of nitrogens with two attached hydrogens (primary N) is 1. The molecule has 3 rings (SSSR count). The first-order valence-corrected chi connectivity index (χ1v) is 8.65. The molecule has 0 amide bonds. The number of anilines is 1. The van der Waals surface area contributed by atoms with Crippen LogP contribution in [-0.4, -0.2) is 22.4 Å². The minimum absolute atomic E-state index is 0.0835. The number of hydrogen-bond acceptors (Lipinski definition) is 10. The van der Waals surface area contributed by atoms with E-state index in [1.165, 1.54) is 18.2 Å². The Morgan fingerprint density at radius 3 is 2.69 bits per heavy atom. The molecule has 0 unspecified atom stereocenters. The Balaban J connectivity index is 2.32. The monoisotopic (exact) mass is 403 g/mol. The van der Waals surface area contributed by atoms with Gasteiger partial charge in [-0.05, 0) is 25.5 Å². The van der Waals surface area contributed by atoms with Crippen LogP contribution in [0.25, 0.3) is 0 Å². The van der Waals surface area contributed by atoms with E-state index in [0.29, 0.717) is 0 Å². The zero-order valence-corrected chi connectivity index (χ0v) is 15.6. The Morgan fingerprint density at radius 1 is 1.38 bits per heavy atom. The summed E-state index contributed by atoms with van der Waals surface area (Å²) in [6.07, 6.45) is -0.496. The van der Waals surface area contributed by atoms with Crippen LogP contribution in [-0.2, 0) is 16.1 Å². The molecule has 4 N–H and O–H groups in total. The van der Waals surface area contributed by atoms with Crippen molar-refractivity contribution in [2.75, 3.05) is 5.23 Å². The molecule has 2 aromatic rings. The van der Waals surface area contributed by atoms with E-state index in [1.54, 1.807) is 19.9 Å². The van der Waals surface area contributed by atoms with Crippen LogP contribution >= 0.6 is 0 Å². The van der Waals surface area contributed by atoms with Gasteiger partial charge >= 0.3 is 5.97 Å². The summed E-state index contributed by atoms with van der Waals surface area (Å²) < 4.78 is 16.2. The lowest BCUT2D eigenvalue weighted by atomic mass is 9.85. The van der Waals surface area contributed by atoms with Crippen LogP contribution < -0.4 is 21.1 Å². The predicted octanol–water partition coefficient (Wildman–Crippen LogP) is 1.47. The van der Waals surface area contributed by atoms with E-state index in [-0.39, 0.29) is 39.3 Å². The Bertz CT molecular complexity index is 1030. The number of carbonyl (C=O) groups excluding carboxylic acids is 1. The third-order valence-electron chi connectivity index (χ3n) is 4.18. The van der Waals surface area contributed by atoms with Crippen LogP contribution in [0, 0.1) is 5.21 Å². The van der Waals surface area contributed by atoms with Crippen LogP contribution in [0.2, 0.25) is 0 Å². The zero-order valence-electron chi connectivity index (χ0n) is 15.6. The summed E-state index contributed by atoms with van der Waals surface area (Å²) in [6, 6.07) is 6.86.